The number of hydrogen-bond acceptors (Lipinski definition) is 4. The third-order valence-corrected chi connectivity index (χ3v) is 4.80. The standard InChI is InChI=1S/C19H23N5.ClH/c1-15-6-5-7-16(12-15)18-17-13-22-24(19(17)21-14-20-18)11-10-23-8-3-2-4-9-23;/h5-7,12-14H,2-4,8-11H2,1H3;1H. The molecule has 3 aromatic rings. The molecular weight excluding hydrogens is 334 g/mol. The molecular formula is C19H24ClN5. The van der Waals surface area contributed by atoms with Crippen LogP contribution >= 0.6 is 12.4 Å². The minimum absolute atomic E-state index is 0. The van der Waals surface area contributed by atoms with Crippen molar-refractivity contribution in [2.75, 3.05) is 19.6 Å². The Balaban J connectivity index is 0.00000182. The number of fused-ring (bicyclic) bond motifs is 1. The molecule has 25 heavy (non-hydrogen) atoms. The Labute approximate surface area is 154 Å². The largest absolute Gasteiger partial charge is 0.301 e. The minimum atomic E-state index is 0. The summed E-state index contributed by atoms with van der Waals surface area (Å²) < 4.78 is 2.02. The van der Waals surface area contributed by atoms with E-state index in [9.17, 15) is 0 Å². The third-order valence-electron chi connectivity index (χ3n) is 4.80. The molecule has 1 aliphatic rings. The number of benzene rings is 1. The van der Waals surface area contributed by atoms with Gasteiger partial charge in [-0.05, 0) is 38.9 Å². The molecule has 0 bridgehead atoms. The molecule has 1 saturated heterocycles. The topological polar surface area (TPSA) is 46.8 Å². The quantitative estimate of drug-likeness (QED) is 0.714. The summed E-state index contributed by atoms with van der Waals surface area (Å²) >= 11 is 0. The fourth-order valence-electron chi connectivity index (χ4n) is 3.50. The number of likely N-dealkylation sites (tertiary alicyclic amines) is 1. The van der Waals surface area contributed by atoms with Gasteiger partial charge in [-0.25, -0.2) is 14.6 Å². The van der Waals surface area contributed by atoms with E-state index in [-0.39, 0.29) is 12.4 Å². The number of nitrogens with zero attached hydrogens (tertiary/aromatic N) is 5. The van der Waals surface area contributed by atoms with E-state index in [0.29, 0.717) is 0 Å². The molecule has 0 aliphatic carbocycles. The van der Waals surface area contributed by atoms with Crippen LogP contribution in [0.5, 0.6) is 0 Å². The molecule has 0 unspecified atom stereocenters. The van der Waals surface area contributed by atoms with Gasteiger partial charge in [-0.15, -0.1) is 12.4 Å². The van der Waals surface area contributed by atoms with Gasteiger partial charge in [0.15, 0.2) is 5.65 Å². The molecule has 1 aromatic carbocycles. The second-order valence-corrected chi connectivity index (χ2v) is 6.60. The number of hydrogen-bond donors (Lipinski definition) is 0. The summed E-state index contributed by atoms with van der Waals surface area (Å²) in [7, 11) is 0. The summed E-state index contributed by atoms with van der Waals surface area (Å²) in [5, 5.41) is 5.61. The van der Waals surface area contributed by atoms with Crippen molar-refractivity contribution >= 4 is 23.4 Å². The van der Waals surface area contributed by atoms with Crippen molar-refractivity contribution in [3.8, 4) is 11.3 Å². The van der Waals surface area contributed by atoms with Crippen LogP contribution in [0.4, 0.5) is 0 Å². The second kappa shape index (κ2) is 7.93. The van der Waals surface area contributed by atoms with Crippen LogP contribution in [0.15, 0.2) is 36.8 Å². The average molecular weight is 358 g/mol. The highest BCUT2D eigenvalue weighted by Gasteiger charge is 2.14. The van der Waals surface area contributed by atoms with Crippen LogP contribution in [-0.2, 0) is 6.54 Å². The maximum atomic E-state index is 4.58. The average Bonchev–Trinajstić information content (AvgIpc) is 3.04. The lowest BCUT2D eigenvalue weighted by atomic mass is 10.1. The van der Waals surface area contributed by atoms with Crippen LogP contribution in [-0.4, -0.2) is 44.3 Å². The zero-order valence-corrected chi connectivity index (χ0v) is 15.4. The lowest BCUT2D eigenvalue weighted by Crippen LogP contribution is -2.32. The normalized spacial score (nSPS) is 15.2. The van der Waals surface area contributed by atoms with Gasteiger partial charge in [0.1, 0.15) is 6.33 Å². The van der Waals surface area contributed by atoms with Gasteiger partial charge in [-0.1, -0.05) is 30.2 Å². The molecule has 1 fully saturated rings. The number of aromatic nitrogens is 4. The lowest BCUT2D eigenvalue weighted by Gasteiger charge is -2.26. The van der Waals surface area contributed by atoms with E-state index in [1.165, 1.54) is 37.9 Å². The second-order valence-electron chi connectivity index (χ2n) is 6.60. The molecule has 132 valence electrons. The van der Waals surface area contributed by atoms with Crippen LogP contribution in [0, 0.1) is 6.92 Å². The first-order valence-electron chi connectivity index (χ1n) is 8.77. The molecule has 0 N–H and O–H groups in total. The van der Waals surface area contributed by atoms with Crippen molar-refractivity contribution < 1.29 is 0 Å². The lowest BCUT2D eigenvalue weighted by molar-refractivity contribution is 0.219. The highest BCUT2D eigenvalue weighted by atomic mass is 35.5. The van der Waals surface area contributed by atoms with Crippen LogP contribution < -0.4 is 0 Å². The summed E-state index contributed by atoms with van der Waals surface area (Å²) in [6.07, 6.45) is 7.57. The van der Waals surface area contributed by atoms with Gasteiger partial charge in [0.25, 0.3) is 0 Å². The van der Waals surface area contributed by atoms with E-state index >= 15 is 0 Å². The van der Waals surface area contributed by atoms with Gasteiger partial charge in [0.2, 0.25) is 0 Å². The number of aryl methyl sites for hydroxylation is 1. The van der Waals surface area contributed by atoms with Crippen molar-refractivity contribution in [1.29, 1.82) is 0 Å². The maximum absolute atomic E-state index is 4.58. The van der Waals surface area contributed by atoms with Gasteiger partial charge in [0.05, 0.1) is 23.8 Å². The fraction of sp³-hybridized carbons (Fsp3) is 0.421. The van der Waals surface area contributed by atoms with Crippen molar-refractivity contribution in [1.82, 2.24) is 24.6 Å². The molecule has 4 rings (SSSR count). The molecule has 3 heterocycles. The van der Waals surface area contributed by atoms with E-state index in [1.807, 2.05) is 10.9 Å². The first-order valence-corrected chi connectivity index (χ1v) is 8.77. The Morgan fingerprint density at radius 2 is 1.88 bits per heavy atom. The van der Waals surface area contributed by atoms with Crippen LogP contribution in [0.3, 0.4) is 0 Å². The number of rotatable bonds is 4. The number of halogens is 1. The Morgan fingerprint density at radius 1 is 1.04 bits per heavy atom. The predicted molar refractivity (Wildman–Crippen MR) is 103 cm³/mol. The molecule has 0 spiro atoms. The van der Waals surface area contributed by atoms with Crippen LogP contribution in [0.1, 0.15) is 24.8 Å². The summed E-state index contributed by atoms with van der Waals surface area (Å²) in [5.41, 5.74) is 4.25. The van der Waals surface area contributed by atoms with Crippen molar-refractivity contribution in [3.63, 3.8) is 0 Å². The zero-order valence-electron chi connectivity index (χ0n) is 14.6. The molecule has 1 aliphatic heterocycles. The van der Waals surface area contributed by atoms with Gasteiger partial charge >= 0.3 is 0 Å². The zero-order chi connectivity index (χ0) is 16.4. The van der Waals surface area contributed by atoms with Crippen molar-refractivity contribution in [2.24, 2.45) is 0 Å². The van der Waals surface area contributed by atoms with Gasteiger partial charge in [-0.3, -0.25) is 0 Å². The molecule has 0 saturated carbocycles. The summed E-state index contributed by atoms with van der Waals surface area (Å²) in [4.78, 5) is 11.5. The minimum Gasteiger partial charge on any atom is -0.301 e. The Hall–Kier alpha value is -1.98. The van der Waals surface area contributed by atoms with Crippen LogP contribution in [0.2, 0.25) is 0 Å². The third kappa shape index (κ3) is 3.83. The van der Waals surface area contributed by atoms with Crippen LogP contribution in [0.25, 0.3) is 22.3 Å². The SMILES string of the molecule is Cc1cccc(-c2ncnc3c2cnn3CCN2CCCCC2)c1.Cl. The Bertz CT molecular complexity index is 839. The predicted octanol–water partition coefficient (Wildman–Crippen LogP) is 3.71. The first kappa shape index (κ1) is 17.8. The van der Waals surface area contributed by atoms with Gasteiger partial charge in [0, 0.05) is 12.1 Å². The summed E-state index contributed by atoms with van der Waals surface area (Å²) in [6, 6.07) is 8.43. The molecule has 0 radical (unpaired) electrons. The van der Waals surface area contributed by atoms with Gasteiger partial charge < -0.3 is 4.90 Å². The van der Waals surface area contributed by atoms with Gasteiger partial charge in [-0.2, -0.15) is 5.10 Å². The highest BCUT2D eigenvalue weighted by molar-refractivity contribution is 5.89. The molecule has 0 atom stereocenters. The highest BCUT2D eigenvalue weighted by Crippen LogP contribution is 2.25. The van der Waals surface area contributed by atoms with E-state index in [0.717, 1.165) is 35.4 Å². The first-order chi connectivity index (χ1) is 11.8. The molecule has 5 nitrogen and oxygen atoms in total. The smallest absolute Gasteiger partial charge is 0.161 e. The van der Waals surface area contributed by atoms with E-state index in [2.05, 4.69) is 51.2 Å². The molecule has 6 heteroatoms. The monoisotopic (exact) mass is 357 g/mol. The van der Waals surface area contributed by atoms with Crippen molar-refractivity contribution in [2.45, 2.75) is 32.7 Å². The Kier molecular flexibility index (Phi) is 5.66. The summed E-state index contributed by atoms with van der Waals surface area (Å²) in [6.45, 7) is 6.45. The van der Waals surface area contributed by atoms with Crippen molar-refractivity contribution in [3.05, 3.63) is 42.4 Å². The number of piperidine rings is 1. The van der Waals surface area contributed by atoms with E-state index in [4.69, 9.17) is 0 Å². The maximum Gasteiger partial charge on any atom is 0.161 e. The van der Waals surface area contributed by atoms with E-state index in [1.54, 1.807) is 6.33 Å². The Morgan fingerprint density at radius 3 is 2.68 bits per heavy atom. The molecule has 0 amide bonds. The van der Waals surface area contributed by atoms with E-state index < -0.39 is 0 Å². The summed E-state index contributed by atoms with van der Waals surface area (Å²) in [5.74, 6) is 0. The molecule has 2 aromatic heterocycles. The fourth-order valence-corrected chi connectivity index (χ4v) is 3.50.